The van der Waals surface area contributed by atoms with Gasteiger partial charge in [-0.3, -0.25) is 4.79 Å². The third-order valence-electron chi connectivity index (χ3n) is 4.02. The van der Waals surface area contributed by atoms with Gasteiger partial charge >= 0.3 is 5.97 Å². The first-order valence-corrected chi connectivity index (χ1v) is 9.95. The van der Waals surface area contributed by atoms with Crippen molar-refractivity contribution in [1.82, 2.24) is 4.90 Å². The number of hydrogen-bond acceptors (Lipinski definition) is 6. The van der Waals surface area contributed by atoms with Crippen LogP contribution in [0.1, 0.15) is 48.7 Å². The van der Waals surface area contributed by atoms with E-state index < -0.39 is 12.0 Å². The predicted molar refractivity (Wildman–Crippen MR) is 107 cm³/mol. The molecule has 0 radical (unpaired) electrons. The summed E-state index contributed by atoms with van der Waals surface area (Å²) in [6.45, 7) is 10.3. The van der Waals surface area contributed by atoms with Gasteiger partial charge < -0.3 is 19.7 Å². The molecule has 1 N–H and O–H groups in total. The van der Waals surface area contributed by atoms with Crippen molar-refractivity contribution in [3.05, 3.63) is 15.8 Å². The van der Waals surface area contributed by atoms with Crippen LogP contribution in [0, 0.1) is 17.3 Å². The molecular weight excluding hydrogens is 364 g/mol. The molecule has 148 valence electrons. The standard InChI is InChI=1S/C20H28N2O4S/c1-6-15(18(23)22-9-11-26-12-10-22)21-16-13-14(7-8-20(2,3)4)27-17(16)19(24)25-5/h13,15,21H,6,9-12H2,1-5H3/t15-/m0/s1. The van der Waals surface area contributed by atoms with Crippen molar-refractivity contribution in [2.45, 2.75) is 40.2 Å². The molecule has 0 saturated carbocycles. The van der Waals surface area contributed by atoms with Gasteiger partial charge in [0.25, 0.3) is 0 Å². The Balaban J connectivity index is 2.25. The number of methoxy groups -OCH3 is 1. The lowest BCUT2D eigenvalue weighted by molar-refractivity contribution is -0.136. The van der Waals surface area contributed by atoms with Gasteiger partial charge in [0.2, 0.25) is 5.91 Å². The number of esters is 1. The highest BCUT2D eigenvalue weighted by atomic mass is 32.1. The van der Waals surface area contributed by atoms with E-state index in [9.17, 15) is 9.59 Å². The van der Waals surface area contributed by atoms with Gasteiger partial charge in [-0.2, -0.15) is 0 Å². The molecule has 0 spiro atoms. The quantitative estimate of drug-likeness (QED) is 0.616. The highest BCUT2D eigenvalue weighted by Gasteiger charge is 2.27. The summed E-state index contributed by atoms with van der Waals surface area (Å²) < 4.78 is 10.2. The Morgan fingerprint density at radius 2 is 2.04 bits per heavy atom. The number of rotatable bonds is 5. The number of amides is 1. The van der Waals surface area contributed by atoms with Crippen molar-refractivity contribution in [3.8, 4) is 11.8 Å². The van der Waals surface area contributed by atoms with Crippen molar-refractivity contribution < 1.29 is 19.1 Å². The molecule has 1 aliphatic rings. The van der Waals surface area contributed by atoms with Crippen LogP contribution in [-0.2, 0) is 14.3 Å². The van der Waals surface area contributed by atoms with E-state index in [1.807, 2.05) is 33.8 Å². The number of anilines is 1. The zero-order valence-electron chi connectivity index (χ0n) is 16.7. The number of carbonyl (C=O) groups excluding carboxylic acids is 2. The molecule has 1 aromatic rings. The second-order valence-electron chi connectivity index (χ2n) is 7.39. The van der Waals surface area contributed by atoms with E-state index in [0.717, 1.165) is 4.88 Å². The number of hydrogen-bond donors (Lipinski definition) is 1. The molecule has 2 rings (SSSR count). The van der Waals surface area contributed by atoms with E-state index in [2.05, 4.69) is 17.2 Å². The van der Waals surface area contributed by atoms with E-state index in [1.165, 1.54) is 18.4 Å². The number of nitrogens with zero attached hydrogens (tertiary/aromatic N) is 1. The Morgan fingerprint density at radius 3 is 2.59 bits per heavy atom. The number of morpholine rings is 1. The minimum absolute atomic E-state index is 0.0186. The lowest BCUT2D eigenvalue weighted by atomic mass is 9.98. The first-order chi connectivity index (χ1) is 12.7. The van der Waals surface area contributed by atoms with Crippen LogP contribution in [0.4, 0.5) is 5.69 Å². The van der Waals surface area contributed by atoms with Gasteiger partial charge in [-0.25, -0.2) is 4.79 Å². The van der Waals surface area contributed by atoms with Crippen LogP contribution in [0.15, 0.2) is 6.07 Å². The Bertz CT molecular complexity index is 733. The van der Waals surface area contributed by atoms with Gasteiger partial charge in [0.1, 0.15) is 10.9 Å². The van der Waals surface area contributed by atoms with Gasteiger partial charge in [-0.15, -0.1) is 11.3 Å². The van der Waals surface area contributed by atoms with Gasteiger partial charge in [-0.1, -0.05) is 18.8 Å². The lowest BCUT2D eigenvalue weighted by Gasteiger charge is -2.30. The highest BCUT2D eigenvalue weighted by molar-refractivity contribution is 7.15. The maximum absolute atomic E-state index is 12.8. The second kappa shape index (κ2) is 9.25. The lowest BCUT2D eigenvalue weighted by Crippen LogP contribution is -2.47. The van der Waals surface area contributed by atoms with Crippen LogP contribution in [0.25, 0.3) is 0 Å². The molecule has 7 heteroatoms. The molecular formula is C20H28N2O4S. The highest BCUT2D eigenvalue weighted by Crippen LogP contribution is 2.29. The SMILES string of the molecule is CC[C@H](Nc1cc(C#CC(C)(C)C)sc1C(=O)OC)C(=O)N1CCOCC1. The third kappa shape index (κ3) is 5.98. The second-order valence-corrected chi connectivity index (χ2v) is 8.44. The molecule has 1 aromatic heterocycles. The van der Waals surface area contributed by atoms with E-state index in [0.29, 0.717) is 43.3 Å². The first-order valence-electron chi connectivity index (χ1n) is 9.13. The third-order valence-corrected chi connectivity index (χ3v) is 5.05. The topological polar surface area (TPSA) is 67.9 Å². The summed E-state index contributed by atoms with van der Waals surface area (Å²) in [6.07, 6.45) is 0.607. The zero-order chi connectivity index (χ0) is 20.0. The van der Waals surface area contributed by atoms with Gasteiger partial charge in [0.15, 0.2) is 0 Å². The molecule has 2 heterocycles. The summed E-state index contributed by atoms with van der Waals surface area (Å²) in [5.41, 5.74) is 0.458. The van der Waals surface area contributed by atoms with E-state index in [-0.39, 0.29) is 11.3 Å². The zero-order valence-corrected chi connectivity index (χ0v) is 17.5. The summed E-state index contributed by atoms with van der Waals surface area (Å²) >= 11 is 1.28. The van der Waals surface area contributed by atoms with Crippen molar-refractivity contribution in [2.75, 3.05) is 38.7 Å². The average molecular weight is 393 g/mol. The maximum Gasteiger partial charge on any atom is 0.350 e. The Kier molecular flexibility index (Phi) is 7.28. The van der Waals surface area contributed by atoms with Gasteiger partial charge in [0.05, 0.1) is 30.9 Å². The average Bonchev–Trinajstić information content (AvgIpc) is 3.06. The molecule has 1 atom stereocenters. The Morgan fingerprint density at radius 1 is 1.37 bits per heavy atom. The Hall–Kier alpha value is -2.04. The molecule has 27 heavy (non-hydrogen) atoms. The van der Waals surface area contributed by atoms with E-state index in [4.69, 9.17) is 9.47 Å². The number of thiophene rings is 1. The predicted octanol–water partition coefficient (Wildman–Crippen LogP) is 2.98. The first kappa shape index (κ1) is 21.3. The molecule has 6 nitrogen and oxygen atoms in total. The molecule has 0 unspecified atom stereocenters. The summed E-state index contributed by atoms with van der Waals surface area (Å²) in [5, 5.41) is 3.24. The molecule has 1 saturated heterocycles. The molecule has 1 fully saturated rings. The minimum Gasteiger partial charge on any atom is -0.465 e. The van der Waals surface area contributed by atoms with Crippen LogP contribution < -0.4 is 5.32 Å². The van der Waals surface area contributed by atoms with Crippen LogP contribution >= 0.6 is 11.3 Å². The fraction of sp³-hybridized carbons (Fsp3) is 0.600. The van der Waals surface area contributed by atoms with E-state index >= 15 is 0 Å². The molecule has 1 aliphatic heterocycles. The molecule has 0 aromatic carbocycles. The van der Waals surface area contributed by atoms with Crippen LogP contribution in [0.5, 0.6) is 0 Å². The van der Waals surface area contributed by atoms with Gasteiger partial charge in [-0.05, 0) is 33.3 Å². The maximum atomic E-state index is 12.8. The smallest absolute Gasteiger partial charge is 0.350 e. The number of carbonyl (C=O) groups is 2. The number of nitrogens with one attached hydrogen (secondary N) is 1. The van der Waals surface area contributed by atoms with Crippen molar-refractivity contribution in [2.24, 2.45) is 5.41 Å². The van der Waals surface area contributed by atoms with Crippen LogP contribution in [0.3, 0.4) is 0 Å². The minimum atomic E-state index is -0.431. The van der Waals surface area contributed by atoms with Crippen LogP contribution in [0.2, 0.25) is 0 Å². The monoisotopic (exact) mass is 392 g/mol. The summed E-state index contributed by atoms with van der Waals surface area (Å²) in [5.74, 6) is 5.87. The molecule has 0 aliphatic carbocycles. The van der Waals surface area contributed by atoms with Crippen LogP contribution in [-0.4, -0.2) is 56.2 Å². The molecule has 0 bridgehead atoms. The number of ether oxygens (including phenoxy) is 2. The largest absolute Gasteiger partial charge is 0.465 e. The molecule has 1 amide bonds. The summed E-state index contributed by atoms with van der Waals surface area (Å²) in [7, 11) is 1.35. The summed E-state index contributed by atoms with van der Waals surface area (Å²) in [4.78, 5) is 28.0. The summed E-state index contributed by atoms with van der Waals surface area (Å²) in [6, 6.07) is 1.41. The van der Waals surface area contributed by atoms with E-state index in [1.54, 1.807) is 4.90 Å². The van der Waals surface area contributed by atoms with Crippen molar-refractivity contribution in [3.63, 3.8) is 0 Å². The Labute approximate surface area is 165 Å². The fourth-order valence-electron chi connectivity index (χ4n) is 2.58. The van der Waals surface area contributed by atoms with Crippen molar-refractivity contribution in [1.29, 1.82) is 0 Å². The normalized spacial score (nSPS) is 15.5. The van der Waals surface area contributed by atoms with Gasteiger partial charge in [0, 0.05) is 18.5 Å². The van der Waals surface area contributed by atoms with Crippen molar-refractivity contribution >= 4 is 28.9 Å². The fourth-order valence-corrected chi connectivity index (χ4v) is 3.48.